The molecule has 6 heteroatoms. The average molecular weight is 439 g/mol. The highest BCUT2D eigenvalue weighted by Gasteiger charge is 2.13. The van der Waals surface area contributed by atoms with Crippen LogP contribution in [0.3, 0.4) is 0 Å². The van der Waals surface area contributed by atoms with E-state index >= 15 is 0 Å². The number of anilines is 2. The number of nitrogens with two attached hydrogens (primary N) is 1. The number of aromatic amines is 1. The molecule has 4 rings (SSSR count). The molecule has 0 bridgehead atoms. The van der Waals surface area contributed by atoms with Crippen molar-refractivity contribution in [1.82, 2.24) is 10.3 Å². The topological polar surface area (TPSA) is 65.9 Å². The number of terminal acetylenes is 1. The molecule has 1 heterocycles. The zero-order valence-electron chi connectivity index (χ0n) is 16.7. The van der Waals surface area contributed by atoms with Crippen molar-refractivity contribution < 1.29 is 0 Å². The van der Waals surface area contributed by atoms with Crippen molar-refractivity contribution >= 4 is 56.4 Å². The summed E-state index contributed by atoms with van der Waals surface area (Å²) in [7, 11) is 0. The lowest BCUT2D eigenvalue weighted by atomic mass is 10.0. The van der Waals surface area contributed by atoms with E-state index in [2.05, 4.69) is 40.6 Å². The van der Waals surface area contributed by atoms with Gasteiger partial charge in [0.25, 0.3) is 0 Å². The molecule has 0 aliphatic rings. The lowest BCUT2D eigenvalue weighted by Gasteiger charge is -2.14. The molecule has 0 aliphatic heterocycles. The first-order valence-electron chi connectivity index (χ1n) is 9.57. The first-order chi connectivity index (χ1) is 14.6. The van der Waals surface area contributed by atoms with Crippen molar-refractivity contribution in [3.05, 3.63) is 69.7 Å². The quantitative estimate of drug-likeness (QED) is 0.170. The Balaban J connectivity index is 0.00000124. The molecule has 3 aromatic carbocycles. The van der Waals surface area contributed by atoms with E-state index in [1.54, 1.807) is 0 Å². The predicted molar refractivity (Wildman–Crippen MR) is 131 cm³/mol. The third kappa shape index (κ3) is 4.56. The zero-order valence-corrected chi connectivity index (χ0v) is 18.2. The van der Waals surface area contributed by atoms with Gasteiger partial charge in [-0.05, 0) is 55.3 Å². The molecule has 0 fully saturated rings. The maximum absolute atomic E-state index is 6.30. The number of benzene rings is 3. The van der Waals surface area contributed by atoms with Crippen molar-refractivity contribution in [2.45, 2.75) is 13.3 Å². The van der Waals surface area contributed by atoms with E-state index in [9.17, 15) is 0 Å². The first kappa shape index (κ1) is 22.0. The Morgan fingerprint density at radius 2 is 1.80 bits per heavy atom. The van der Waals surface area contributed by atoms with Gasteiger partial charge in [-0.3, -0.25) is 0 Å². The molecule has 0 saturated heterocycles. The van der Waals surface area contributed by atoms with Crippen LogP contribution < -0.4 is 16.4 Å². The largest absolute Gasteiger partial charge is 0.355 e. The number of nitrogens with one attached hydrogen (secondary N) is 3. The molecular weight excluding hydrogens is 415 g/mol. The van der Waals surface area contributed by atoms with Crippen molar-refractivity contribution in [1.29, 1.82) is 0 Å². The van der Waals surface area contributed by atoms with Crippen molar-refractivity contribution in [3.63, 3.8) is 0 Å². The van der Waals surface area contributed by atoms with E-state index in [1.165, 1.54) is 5.56 Å². The predicted octanol–water partition coefficient (Wildman–Crippen LogP) is 5.98. The van der Waals surface area contributed by atoms with Crippen LogP contribution in [0.5, 0.6) is 0 Å². The summed E-state index contributed by atoms with van der Waals surface area (Å²) in [5.74, 6) is 0. The van der Waals surface area contributed by atoms with Crippen LogP contribution in [0.1, 0.15) is 11.1 Å². The van der Waals surface area contributed by atoms with Gasteiger partial charge in [0.2, 0.25) is 0 Å². The molecule has 0 amide bonds. The second-order valence-electron chi connectivity index (χ2n) is 6.87. The van der Waals surface area contributed by atoms with Gasteiger partial charge >= 0.3 is 0 Å². The minimum atomic E-state index is 0.453. The van der Waals surface area contributed by atoms with Crippen LogP contribution in [0.25, 0.3) is 21.8 Å². The van der Waals surface area contributed by atoms with Crippen LogP contribution in [0.4, 0.5) is 11.4 Å². The molecule has 0 spiro atoms. The number of hydrogen-bond donors (Lipinski definition) is 4. The van der Waals surface area contributed by atoms with Gasteiger partial charge in [-0.2, -0.15) is 0 Å². The van der Waals surface area contributed by atoms with Gasteiger partial charge in [-0.1, -0.05) is 35.3 Å². The van der Waals surface area contributed by atoms with E-state index in [-0.39, 0.29) is 0 Å². The molecule has 1 aromatic heterocycles. The molecule has 30 heavy (non-hydrogen) atoms. The Kier molecular flexibility index (Phi) is 7.25. The Bertz CT molecular complexity index is 1190. The number of aromatic nitrogens is 1. The number of H-pyrrole nitrogens is 1. The fraction of sp³-hybridized carbons (Fsp3) is 0.167. The third-order valence-electron chi connectivity index (χ3n) is 4.99. The molecule has 4 nitrogen and oxygen atoms in total. The Hall–Kier alpha value is -2.68. The molecule has 4 aromatic rings. The van der Waals surface area contributed by atoms with Gasteiger partial charge in [-0.25, -0.2) is 0 Å². The van der Waals surface area contributed by atoms with Gasteiger partial charge in [-0.15, -0.1) is 12.8 Å². The van der Waals surface area contributed by atoms with E-state index < -0.39 is 0 Å². The first-order valence-corrected chi connectivity index (χ1v) is 10.3. The summed E-state index contributed by atoms with van der Waals surface area (Å²) in [5.41, 5.74) is 12.1. The van der Waals surface area contributed by atoms with Gasteiger partial charge < -0.3 is 21.4 Å². The molecule has 0 aliphatic carbocycles. The van der Waals surface area contributed by atoms with Crippen LogP contribution in [-0.2, 0) is 6.42 Å². The van der Waals surface area contributed by atoms with E-state index in [0.29, 0.717) is 6.67 Å². The number of fused-ring (bicyclic) bond motifs is 3. The zero-order chi connectivity index (χ0) is 21.7. The van der Waals surface area contributed by atoms with Crippen molar-refractivity contribution in [3.8, 4) is 12.8 Å². The molecule has 0 radical (unpaired) electrons. The summed E-state index contributed by atoms with van der Waals surface area (Å²) in [6.45, 7) is 3.24. The van der Waals surface area contributed by atoms with E-state index in [0.717, 1.165) is 61.8 Å². The van der Waals surface area contributed by atoms with Gasteiger partial charge in [0, 0.05) is 56.5 Å². The Morgan fingerprint density at radius 3 is 2.53 bits per heavy atom. The molecule has 0 atom stereocenters. The van der Waals surface area contributed by atoms with Crippen LogP contribution in [0, 0.1) is 19.8 Å². The molecular formula is C24H24Cl2N4. The standard InChI is InChI=1S/C22H22Cl2N4.C2H2/c1-13-2-4-15(11-19(13)24)27-20-7-5-16-18-10-14(23)3-6-21(18)28-22(16)17(20)8-9-26-12-25;1-2/h2-7,10-11,26-28H,8-9,12,25H2,1H3;1-2H. The molecule has 0 saturated carbocycles. The summed E-state index contributed by atoms with van der Waals surface area (Å²) >= 11 is 12.5. The Morgan fingerprint density at radius 1 is 1.00 bits per heavy atom. The lowest BCUT2D eigenvalue weighted by Crippen LogP contribution is -2.24. The minimum Gasteiger partial charge on any atom is -0.355 e. The van der Waals surface area contributed by atoms with Crippen LogP contribution in [-0.4, -0.2) is 18.2 Å². The highest BCUT2D eigenvalue weighted by molar-refractivity contribution is 6.32. The maximum atomic E-state index is 6.30. The minimum absolute atomic E-state index is 0.453. The summed E-state index contributed by atoms with van der Waals surface area (Å²) in [4.78, 5) is 3.56. The van der Waals surface area contributed by atoms with Crippen LogP contribution >= 0.6 is 23.2 Å². The average Bonchev–Trinajstić information content (AvgIpc) is 3.11. The highest BCUT2D eigenvalue weighted by Crippen LogP contribution is 2.35. The van der Waals surface area contributed by atoms with Gasteiger partial charge in [0.1, 0.15) is 0 Å². The fourth-order valence-electron chi connectivity index (χ4n) is 3.52. The molecule has 0 unspecified atom stereocenters. The second-order valence-corrected chi connectivity index (χ2v) is 7.72. The van der Waals surface area contributed by atoms with Crippen molar-refractivity contribution in [2.24, 2.45) is 5.73 Å². The normalized spacial score (nSPS) is 10.7. The van der Waals surface area contributed by atoms with E-state index in [4.69, 9.17) is 28.9 Å². The van der Waals surface area contributed by atoms with Gasteiger partial charge in [0.05, 0.1) is 5.52 Å². The SMILES string of the molecule is C#C.Cc1ccc(Nc2ccc3c([nH]c4ccc(Cl)cc43)c2CCNCN)cc1Cl. The Labute approximate surface area is 186 Å². The summed E-state index contributed by atoms with van der Waals surface area (Å²) < 4.78 is 0. The number of rotatable bonds is 6. The summed E-state index contributed by atoms with van der Waals surface area (Å²) in [6.07, 6.45) is 8.83. The number of aryl methyl sites for hydroxylation is 1. The second kappa shape index (κ2) is 9.88. The lowest BCUT2D eigenvalue weighted by molar-refractivity contribution is 0.703. The summed E-state index contributed by atoms with van der Waals surface area (Å²) in [6, 6.07) is 16.2. The number of hydrogen-bond acceptors (Lipinski definition) is 3. The smallest absolute Gasteiger partial charge is 0.0518 e. The van der Waals surface area contributed by atoms with E-state index in [1.807, 2.05) is 43.3 Å². The van der Waals surface area contributed by atoms with Crippen LogP contribution in [0.15, 0.2) is 48.5 Å². The summed E-state index contributed by atoms with van der Waals surface area (Å²) in [5, 5.41) is 10.5. The monoisotopic (exact) mass is 438 g/mol. The fourth-order valence-corrected chi connectivity index (χ4v) is 3.87. The molecule has 154 valence electrons. The van der Waals surface area contributed by atoms with Crippen molar-refractivity contribution in [2.75, 3.05) is 18.5 Å². The third-order valence-corrected chi connectivity index (χ3v) is 5.63. The van der Waals surface area contributed by atoms with Crippen LogP contribution in [0.2, 0.25) is 10.0 Å². The molecule has 5 N–H and O–H groups in total. The van der Waals surface area contributed by atoms with Gasteiger partial charge in [0.15, 0.2) is 0 Å². The maximum Gasteiger partial charge on any atom is 0.0518 e. The number of halogens is 2. The highest BCUT2D eigenvalue weighted by atomic mass is 35.5.